The minimum absolute atomic E-state index is 0.209. The molecule has 0 radical (unpaired) electrons. The molecular formula is C12H22F3NO2. The lowest BCUT2D eigenvalue weighted by Gasteiger charge is -2.28. The number of carboxylic acid groups (broad SMARTS) is 1. The van der Waals surface area contributed by atoms with Crippen LogP contribution in [0.15, 0.2) is 0 Å². The van der Waals surface area contributed by atoms with Gasteiger partial charge in [-0.1, -0.05) is 0 Å². The van der Waals surface area contributed by atoms with Crippen LogP contribution in [0.2, 0.25) is 0 Å². The Kier molecular flexibility index (Phi) is 6.13. The van der Waals surface area contributed by atoms with Crippen molar-refractivity contribution in [2.24, 2.45) is 5.41 Å². The fourth-order valence-corrected chi connectivity index (χ4v) is 1.58. The van der Waals surface area contributed by atoms with E-state index in [0.717, 1.165) is 0 Å². The highest BCUT2D eigenvalue weighted by molar-refractivity contribution is 5.73. The number of aliphatic carboxylic acids is 1. The van der Waals surface area contributed by atoms with Gasteiger partial charge in [-0.05, 0) is 47.1 Å². The smallest absolute Gasteiger partial charge is 0.401 e. The molecule has 0 bridgehead atoms. The maximum Gasteiger partial charge on any atom is 0.401 e. The molecule has 0 heterocycles. The SMILES string of the molecule is CC(C)N(CCCC(C)(C)C(=O)O)CC(F)(F)F. The standard InChI is InChI=1S/C12H22F3NO2/c1-9(2)16(8-12(13,14)15)7-5-6-11(3,4)10(17)18/h9H,5-8H2,1-4H3,(H,17,18). The number of rotatable bonds is 7. The van der Waals surface area contributed by atoms with Gasteiger partial charge in [-0.25, -0.2) is 0 Å². The zero-order valence-corrected chi connectivity index (χ0v) is 11.3. The van der Waals surface area contributed by atoms with E-state index in [0.29, 0.717) is 12.8 Å². The lowest BCUT2D eigenvalue weighted by molar-refractivity contribution is -0.151. The molecule has 0 aromatic rings. The van der Waals surface area contributed by atoms with Crippen LogP contribution in [-0.2, 0) is 4.79 Å². The molecule has 108 valence electrons. The van der Waals surface area contributed by atoms with Crippen molar-refractivity contribution in [3.05, 3.63) is 0 Å². The summed E-state index contributed by atoms with van der Waals surface area (Å²) in [7, 11) is 0. The van der Waals surface area contributed by atoms with Gasteiger partial charge in [0.2, 0.25) is 0 Å². The van der Waals surface area contributed by atoms with Gasteiger partial charge in [0.15, 0.2) is 0 Å². The Hall–Kier alpha value is -0.780. The number of carboxylic acids is 1. The molecule has 0 unspecified atom stereocenters. The van der Waals surface area contributed by atoms with Crippen molar-refractivity contribution >= 4 is 5.97 Å². The van der Waals surface area contributed by atoms with Gasteiger partial charge in [0.25, 0.3) is 0 Å². The zero-order valence-electron chi connectivity index (χ0n) is 11.3. The first-order valence-electron chi connectivity index (χ1n) is 6.00. The summed E-state index contributed by atoms with van der Waals surface area (Å²) in [4.78, 5) is 12.2. The molecular weight excluding hydrogens is 247 g/mol. The second-order valence-electron chi connectivity index (χ2n) is 5.47. The summed E-state index contributed by atoms with van der Waals surface area (Å²) in [6.07, 6.45) is -3.41. The molecule has 3 nitrogen and oxygen atoms in total. The Morgan fingerprint density at radius 3 is 2.11 bits per heavy atom. The summed E-state index contributed by atoms with van der Waals surface area (Å²) in [5, 5.41) is 8.91. The van der Waals surface area contributed by atoms with E-state index in [4.69, 9.17) is 5.11 Å². The first kappa shape index (κ1) is 17.2. The summed E-state index contributed by atoms with van der Waals surface area (Å²) < 4.78 is 37.0. The minimum atomic E-state index is -4.22. The first-order chi connectivity index (χ1) is 7.96. The van der Waals surface area contributed by atoms with Crippen LogP contribution in [-0.4, -0.2) is 41.3 Å². The molecule has 18 heavy (non-hydrogen) atoms. The lowest BCUT2D eigenvalue weighted by atomic mass is 9.88. The van der Waals surface area contributed by atoms with Crippen LogP contribution < -0.4 is 0 Å². The quantitative estimate of drug-likeness (QED) is 0.772. The zero-order chi connectivity index (χ0) is 14.6. The Labute approximate surface area is 106 Å². The molecule has 0 aliphatic carbocycles. The Balaban J connectivity index is 4.26. The molecule has 0 aliphatic heterocycles. The van der Waals surface area contributed by atoms with Crippen LogP contribution in [0.5, 0.6) is 0 Å². The van der Waals surface area contributed by atoms with Crippen LogP contribution in [0.25, 0.3) is 0 Å². The maximum absolute atomic E-state index is 12.3. The molecule has 0 saturated carbocycles. The molecule has 0 atom stereocenters. The van der Waals surface area contributed by atoms with Gasteiger partial charge in [-0.15, -0.1) is 0 Å². The van der Waals surface area contributed by atoms with E-state index in [1.54, 1.807) is 27.7 Å². The van der Waals surface area contributed by atoms with Crippen molar-refractivity contribution in [1.82, 2.24) is 4.90 Å². The number of halogens is 3. The first-order valence-corrected chi connectivity index (χ1v) is 6.00. The van der Waals surface area contributed by atoms with E-state index < -0.39 is 24.1 Å². The van der Waals surface area contributed by atoms with Gasteiger partial charge in [0.1, 0.15) is 0 Å². The number of hydrogen-bond donors (Lipinski definition) is 1. The molecule has 0 spiro atoms. The van der Waals surface area contributed by atoms with E-state index >= 15 is 0 Å². The van der Waals surface area contributed by atoms with Crippen molar-refractivity contribution < 1.29 is 23.1 Å². The third-order valence-electron chi connectivity index (χ3n) is 2.94. The lowest BCUT2D eigenvalue weighted by Crippen LogP contribution is -2.40. The summed E-state index contributed by atoms with van der Waals surface area (Å²) in [6.45, 7) is 5.88. The van der Waals surface area contributed by atoms with Crippen molar-refractivity contribution in [1.29, 1.82) is 0 Å². The second-order valence-corrected chi connectivity index (χ2v) is 5.47. The van der Waals surface area contributed by atoms with Crippen LogP contribution in [0.3, 0.4) is 0 Å². The normalized spacial score (nSPS) is 13.4. The molecule has 0 aromatic heterocycles. The van der Waals surface area contributed by atoms with E-state index in [1.807, 2.05) is 0 Å². The van der Waals surface area contributed by atoms with Crippen molar-refractivity contribution in [2.75, 3.05) is 13.1 Å². The Morgan fingerprint density at radius 2 is 1.78 bits per heavy atom. The van der Waals surface area contributed by atoms with Gasteiger partial charge < -0.3 is 5.11 Å². The van der Waals surface area contributed by atoms with Crippen molar-refractivity contribution in [3.63, 3.8) is 0 Å². The van der Waals surface area contributed by atoms with Crippen LogP contribution in [0.1, 0.15) is 40.5 Å². The highest BCUT2D eigenvalue weighted by atomic mass is 19.4. The van der Waals surface area contributed by atoms with E-state index in [1.165, 1.54) is 4.90 Å². The summed E-state index contributed by atoms with van der Waals surface area (Å²) in [6, 6.07) is -0.209. The van der Waals surface area contributed by atoms with Crippen LogP contribution in [0, 0.1) is 5.41 Å². The van der Waals surface area contributed by atoms with Crippen LogP contribution in [0.4, 0.5) is 13.2 Å². The summed E-state index contributed by atoms with van der Waals surface area (Å²) >= 11 is 0. The Bertz CT molecular complexity index is 275. The van der Waals surface area contributed by atoms with Gasteiger partial charge in [-0.3, -0.25) is 9.69 Å². The summed E-state index contributed by atoms with van der Waals surface area (Å²) in [5.74, 6) is -0.922. The molecule has 0 amide bonds. The predicted molar refractivity (Wildman–Crippen MR) is 63.4 cm³/mol. The average Bonchev–Trinajstić information content (AvgIpc) is 2.13. The number of alkyl halides is 3. The average molecular weight is 269 g/mol. The topological polar surface area (TPSA) is 40.5 Å². The molecule has 0 aromatic carbocycles. The Morgan fingerprint density at radius 1 is 1.28 bits per heavy atom. The fraction of sp³-hybridized carbons (Fsp3) is 0.917. The third-order valence-corrected chi connectivity index (χ3v) is 2.94. The van der Waals surface area contributed by atoms with Gasteiger partial charge >= 0.3 is 12.1 Å². The second kappa shape index (κ2) is 6.41. The number of carbonyl (C=O) groups is 1. The van der Waals surface area contributed by atoms with Crippen molar-refractivity contribution in [3.8, 4) is 0 Å². The molecule has 0 saturated heterocycles. The molecule has 1 N–H and O–H groups in total. The summed E-state index contributed by atoms with van der Waals surface area (Å²) in [5.41, 5.74) is -0.888. The molecule has 0 fully saturated rings. The minimum Gasteiger partial charge on any atom is -0.481 e. The largest absolute Gasteiger partial charge is 0.481 e. The molecule has 6 heteroatoms. The predicted octanol–water partition coefficient (Wildman–Crippen LogP) is 3.15. The molecule has 0 rings (SSSR count). The van der Waals surface area contributed by atoms with Crippen molar-refractivity contribution in [2.45, 2.75) is 52.8 Å². The monoisotopic (exact) mass is 269 g/mol. The molecule has 0 aliphatic rings. The fourth-order valence-electron chi connectivity index (χ4n) is 1.58. The number of hydrogen-bond acceptors (Lipinski definition) is 2. The van der Waals surface area contributed by atoms with E-state index in [-0.39, 0.29) is 12.6 Å². The highest BCUT2D eigenvalue weighted by Gasteiger charge is 2.32. The van der Waals surface area contributed by atoms with Crippen LogP contribution >= 0.6 is 0 Å². The van der Waals surface area contributed by atoms with E-state index in [9.17, 15) is 18.0 Å². The number of nitrogens with zero attached hydrogens (tertiary/aromatic N) is 1. The third kappa shape index (κ3) is 6.83. The van der Waals surface area contributed by atoms with E-state index in [2.05, 4.69) is 0 Å². The van der Waals surface area contributed by atoms with Gasteiger partial charge in [0, 0.05) is 6.04 Å². The highest BCUT2D eigenvalue weighted by Crippen LogP contribution is 2.24. The van der Waals surface area contributed by atoms with Gasteiger partial charge in [-0.2, -0.15) is 13.2 Å². The maximum atomic E-state index is 12.3. The van der Waals surface area contributed by atoms with Gasteiger partial charge in [0.05, 0.1) is 12.0 Å².